The summed E-state index contributed by atoms with van der Waals surface area (Å²) in [5.74, 6) is -2.03. The van der Waals surface area contributed by atoms with E-state index in [2.05, 4.69) is 21.3 Å². The van der Waals surface area contributed by atoms with E-state index in [0.29, 0.717) is 19.4 Å². The van der Waals surface area contributed by atoms with Crippen LogP contribution in [0, 0.1) is 11.8 Å². The van der Waals surface area contributed by atoms with Gasteiger partial charge in [0.05, 0.1) is 11.7 Å². The van der Waals surface area contributed by atoms with Crippen LogP contribution in [-0.2, 0) is 40.0 Å². The molecule has 1 aromatic rings. The molecule has 4 amide bonds. The first-order valence-corrected chi connectivity index (χ1v) is 17.1. The minimum absolute atomic E-state index is 0.00994. The number of rotatable bonds is 16. The number of ether oxygens (including phenoxy) is 3. The van der Waals surface area contributed by atoms with Gasteiger partial charge < -0.3 is 35.5 Å². The van der Waals surface area contributed by atoms with Gasteiger partial charge in [-0.25, -0.2) is 9.59 Å². The number of hydrogen-bond donors (Lipinski definition) is 4. The molecular formula is C36H54N4O8. The van der Waals surface area contributed by atoms with E-state index in [4.69, 9.17) is 14.2 Å². The molecule has 0 spiro atoms. The molecule has 5 atom stereocenters. The highest BCUT2D eigenvalue weighted by Gasteiger charge is 2.35. The lowest BCUT2D eigenvalue weighted by Crippen LogP contribution is -2.59. The summed E-state index contributed by atoms with van der Waals surface area (Å²) in [7, 11) is 0. The second kappa shape index (κ2) is 18.6. The van der Waals surface area contributed by atoms with Crippen LogP contribution < -0.4 is 21.3 Å². The lowest BCUT2D eigenvalue weighted by molar-refractivity contribution is -0.142. The van der Waals surface area contributed by atoms with Crippen LogP contribution >= 0.6 is 0 Å². The maximum atomic E-state index is 13.8. The Kier molecular flexibility index (Phi) is 14.9. The highest BCUT2D eigenvalue weighted by atomic mass is 16.6. The minimum atomic E-state index is -1.18. The molecule has 2 aliphatic rings. The Labute approximate surface area is 284 Å². The standard InChI is InChI=1S/C36H54N4O8/c1-23(2)20-29(33(43)38-27(21-26-18-19-37-32(26)42)16-17-30(41)47-28-14-10-11-15-28)39-34(44)31(24(3)48-36(4,5)6)40-35(45)46-22-25-12-8-7-9-13-25/h7-9,12-13,16-17,23-24,26-29,31H,10-11,14-15,18-22H2,1-6H3,(H,37,42)(H,38,43)(H,39,44)(H,40,45)/t24?,26?,27-,29+,31+/m1/s1. The van der Waals surface area contributed by atoms with Crippen LogP contribution in [0.2, 0.25) is 0 Å². The number of esters is 1. The molecule has 2 fully saturated rings. The van der Waals surface area contributed by atoms with Gasteiger partial charge in [0.1, 0.15) is 24.8 Å². The van der Waals surface area contributed by atoms with Gasteiger partial charge in [-0.15, -0.1) is 0 Å². The van der Waals surface area contributed by atoms with E-state index >= 15 is 0 Å². The molecule has 0 radical (unpaired) electrons. The Balaban J connectivity index is 1.74. The van der Waals surface area contributed by atoms with Crippen LogP contribution in [0.3, 0.4) is 0 Å². The fraction of sp³-hybridized carbons (Fsp3) is 0.639. The molecule has 266 valence electrons. The second-order valence-electron chi connectivity index (χ2n) is 14.1. The highest BCUT2D eigenvalue weighted by Crippen LogP contribution is 2.22. The van der Waals surface area contributed by atoms with Gasteiger partial charge in [-0.3, -0.25) is 14.4 Å². The molecule has 1 heterocycles. The third-order valence-corrected chi connectivity index (χ3v) is 8.20. The molecule has 1 aliphatic carbocycles. The molecule has 12 nitrogen and oxygen atoms in total. The normalized spacial score (nSPS) is 19.3. The molecule has 1 aromatic carbocycles. The van der Waals surface area contributed by atoms with Crippen molar-refractivity contribution < 1.29 is 38.2 Å². The summed E-state index contributed by atoms with van der Waals surface area (Å²) in [6.07, 6.45) is 6.05. The summed E-state index contributed by atoms with van der Waals surface area (Å²) in [6, 6.07) is 6.32. The maximum absolute atomic E-state index is 13.8. The van der Waals surface area contributed by atoms with E-state index in [1.54, 1.807) is 13.0 Å². The van der Waals surface area contributed by atoms with Crippen molar-refractivity contribution >= 4 is 29.8 Å². The number of carbonyl (C=O) groups excluding carboxylic acids is 5. The van der Waals surface area contributed by atoms with Crippen LogP contribution in [-0.4, -0.2) is 72.3 Å². The molecule has 0 aromatic heterocycles. The van der Waals surface area contributed by atoms with Gasteiger partial charge in [-0.05, 0) is 84.1 Å². The fourth-order valence-electron chi connectivity index (χ4n) is 5.93. The van der Waals surface area contributed by atoms with Crippen LogP contribution in [0.5, 0.6) is 0 Å². The van der Waals surface area contributed by atoms with E-state index in [1.165, 1.54) is 6.08 Å². The van der Waals surface area contributed by atoms with Crippen molar-refractivity contribution in [2.24, 2.45) is 11.8 Å². The molecule has 2 unspecified atom stereocenters. The van der Waals surface area contributed by atoms with Gasteiger partial charge in [0.2, 0.25) is 17.7 Å². The number of nitrogens with one attached hydrogen (secondary N) is 4. The zero-order valence-electron chi connectivity index (χ0n) is 29.2. The Morgan fingerprint density at radius 3 is 2.25 bits per heavy atom. The molecule has 4 N–H and O–H groups in total. The summed E-state index contributed by atoms with van der Waals surface area (Å²) in [4.78, 5) is 65.4. The minimum Gasteiger partial charge on any atom is -0.459 e. The molecule has 1 aliphatic heterocycles. The number of amides is 4. The topological polar surface area (TPSA) is 161 Å². The third-order valence-electron chi connectivity index (χ3n) is 8.20. The average Bonchev–Trinajstić information content (AvgIpc) is 3.67. The fourth-order valence-corrected chi connectivity index (χ4v) is 5.93. The Morgan fingerprint density at radius 2 is 1.65 bits per heavy atom. The van der Waals surface area contributed by atoms with Crippen molar-refractivity contribution in [3.05, 3.63) is 48.0 Å². The van der Waals surface area contributed by atoms with Gasteiger partial charge in [0.25, 0.3) is 0 Å². The molecule has 48 heavy (non-hydrogen) atoms. The van der Waals surface area contributed by atoms with Gasteiger partial charge >= 0.3 is 12.1 Å². The van der Waals surface area contributed by atoms with Crippen LogP contribution in [0.4, 0.5) is 4.79 Å². The smallest absolute Gasteiger partial charge is 0.408 e. The Hall–Kier alpha value is -3.93. The molecule has 12 heteroatoms. The summed E-state index contributed by atoms with van der Waals surface area (Å²) >= 11 is 0. The van der Waals surface area contributed by atoms with E-state index in [0.717, 1.165) is 31.2 Å². The number of benzene rings is 1. The van der Waals surface area contributed by atoms with Crippen LogP contribution in [0.15, 0.2) is 42.5 Å². The lowest BCUT2D eigenvalue weighted by Gasteiger charge is -2.32. The first kappa shape index (κ1) is 38.5. The SMILES string of the molecule is CC(C)C[C@H](NC(=O)[C@@H](NC(=O)OCc1ccccc1)C(C)OC(C)(C)C)C(=O)N[C@H](C=CC(=O)OC1CCCC1)CC1CCNC1=O. The quantitative estimate of drug-likeness (QED) is 0.151. The maximum Gasteiger partial charge on any atom is 0.408 e. The molecule has 3 rings (SSSR count). The molecule has 0 bridgehead atoms. The summed E-state index contributed by atoms with van der Waals surface area (Å²) in [5.41, 5.74) is 0.152. The zero-order valence-corrected chi connectivity index (χ0v) is 29.2. The lowest BCUT2D eigenvalue weighted by atomic mass is 9.96. The van der Waals surface area contributed by atoms with Gasteiger partial charge in [-0.1, -0.05) is 50.3 Å². The first-order chi connectivity index (χ1) is 22.7. The molecular weight excluding hydrogens is 616 g/mol. The predicted molar refractivity (Wildman–Crippen MR) is 180 cm³/mol. The van der Waals surface area contributed by atoms with Crippen molar-refractivity contribution in [3.8, 4) is 0 Å². The van der Waals surface area contributed by atoms with E-state index < -0.39 is 53.7 Å². The predicted octanol–water partition coefficient (Wildman–Crippen LogP) is 4.07. The van der Waals surface area contributed by atoms with E-state index in [1.807, 2.05) is 65.0 Å². The summed E-state index contributed by atoms with van der Waals surface area (Å²) < 4.78 is 16.9. The number of carbonyl (C=O) groups is 5. The Bertz CT molecular complexity index is 1260. The van der Waals surface area contributed by atoms with E-state index in [-0.39, 0.29) is 36.9 Å². The third kappa shape index (κ3) is 13.7. The highest BCUT2D eigenvalue weighted by molar-refractivity contribution is 5.92. The van der Waals surface area contributed by atoms with Gasteiger partial charge in [0, 0.05) is 24.6 Å². The van der Waals surface area contributed by atoms with Crippen molar-refractivity contribution in [1.29, 1.82) is 0 Å². The van der Waals surface area contributed by atoms with Gasteiger partial charge in [-0.2, -0.15) is 0 Å². The summed E-state index contributed by atoms with van der Waals surface area (Å²) in [6.45, 7) is 11.6. The summed E-state index contributed by atoms with van der Waals surface area (Å²) in [5, 5.41) is 11.2. The first-order valence-electron chi connectivity index (χ1n) is 17.1. The average molecular weight is 671 g/mol. The second-order valence-corrected chi connectivity index (χ2v) is 14.1. The molecule has 1 saturated heterocycles. The van der Waals surface area contributed by atoms with Crippen LogP contribution in [0.1, 0.15) is 92.1 Å². The van der Waals surface area contributed by atoms with Crippen molar-refractivity contribution in [2.75, 3.05) is 6.54 Å². The van der Waals surface area contributed by atoms with Crippen molar-refractivity contribution in [2.45, 2.75) is 129 Å². The Morgan fingerprint density at radius 1 is 0.958 bits per heavy atom. The van der Waals surface area contributed by atoms with Crippen LogP contribution in [0.25, 0.3) is 0 Å². The number of hydrogen-bond acceptors (Lipinski definition) is 8. The zero-order chi connectivity index (χ0) is 35.3. The van der Waals surface area contributed by atoms with E-state index in [9.17, 15) is 24.0 Å². The molecule has 1 saturated carbocycles. The van der Waals surface area contributed by atoms with Crippen molar-refractivity contribution in [3.63, 3.8) is 0 Å². The number of alkyl carbamates (subject to hydrolysis) is 1. The largest absolute Gasteiger partial charge is 0.459 e. The van der Waals surface area contributed by atoms with Gasteiger partial charge in [0.15, 0.2) is 0 Å². The monoisotopic (exact) mass is 670 g/mol. The van der Waals surface area contributed by atoms with Crippen molar-refractivity contribution in [1.82, 2.24) is 21.3 Å².